The Morgan fingerprint density at radius 1 is 1.35 bits per heavy atom. The fraction of sp³-hybridized carbons (Fsp3) is 0.647. The Morgan fingerprint density at radius 3 is 2.60 bits per heavy atom. The summed E-state index contributed by atoms with van der Waals surface area (Å²) in [6, 6.07) is 7.08. The van der Waals surface area contributed by atoms with E-state index in [1.165, 1.54) is 0 Å². The number of halogens is 1. The van der Waals surface area contributed by atoms with E-state index in [0.717, 1.165) is 31.6 Å². The molecule has 3 heteroatoms. The van der Waals surface area contributed by atoms with Crippen molar-refractivity contribution in [3.63, 3.8) is 0 Å². The van der Waals surface area contributed by atoms with E-state index in [4.69, 9.17) is 4.74 Å². The highest BCUT2D eigenvalue weighted by Crippen LogP contribution is 2.38. The average Bonchev–Trinajstić information content (AvgIpc) is 2.71. The molecule has 2 rings (SSSR count). The van der Waals surface area contributed by atoms with E-state index < -0.39 is 0 Å². The van der Waals surface area contributed by atoms with Crippen molar-refractivity contribution in [1.29, 1.82) is 0 Å². The number of ether oxygens (including phenoxy) is 1. The zero-order valence-electron chi connectivity index (χ0n) is 13.0. The van der Waals surface area contributed by atoms with Gasteiger partial charge in [-0.25, -0.2) is 4.39 Å². The minimum atomic E-state index is -0.110. The second kappa shape index (κ2) is 5.82. The maximum atomic E-state index is 14.0. The van der Waals surface area contributed by atoms with Crippen molar-refractivity contribution >= 4 is 0 Å². The molecule has 1 aromatic rings. The maximum Gasteiger partial charge on any atom is 0.126 e. The van der Waals surface area contributed by atoms with Gasteiger partial charge in [0.1, 0.15) is 5.82 Å². The Balaban J connectivity index is 2.18. The Kier molecular flexibility index (Phi) is 4.50. The van der Waals surface area contributed by atoms with Gasteiger partial charge < -0.3 is 10.1 Å². The highest BCUT2D eigenvalue weighted by Gasteiger charge is 2.42. The Bertz CT molecular complexity index is 455. The molecule has 112 valence electrons. The van der Waals surface area contributed by atoms with Crippen LogP contribution >= 0.6 is 0 Å². The van der Waals surface area contributed by atoms with Crippen LogP contribution in [-0.4, -0.2) is 24.8 Å². The Hall–Kier alpha value is -0.930. The number of benzene rings is 1. The molecule has 0 bridgehead atoms. The lowest BCUT2D eigenvalue weighted by Gasteiger charge is -2.36. The van der Waals surface area contributed by atoms with E-state index in [2.05, 4.69) is 33.0 Å². The van der Waals surface area contributed by atoms with Crippen LogP contribution in [0.15, 0.2) is 24.3 Å². The highest BCUT2D eigenvalue weighted by atomic mass is 19.1. The standard InChI is InChI=1S/C17H26FNO/c1-13-17(9-10-20-13,12-19-16(2,3)4)11-14-7-5-6-8-15(14)18/h5-8,13,19H,9-12H2,1-4H3. The molecule has 0 aliphatic carbocycles. The smallest absolute Gasteiger partial charge is 0.126 e. The van der Waals surface area contributed by atoms with Gasteiger partial charge in [-0.2, -0.15) is 0 Å². The molecule has 1 aliphatic rings. The molecule has 1 heterocycles. The molecular weight excluding hydrogens is 253 g/mol. The van der Waals surface area contributed by atoms with Crippen LogP contribution in [0.2, 0.25) is 0 Å². The van der Waals surface area contributed by atoms with Crippen molar-refractivity contribution in [2.75, 3.05) is 13.2 Å². The molecule has 1 aromatic carbocycles. The predicted octanol–water partition coefficient (Wildman–Crippen LogP) is 3.55. The topological polar surface area (TPSA) is 21.3 Å². The van der Waals surface area contributed by atoms with Gasteiger partial charge in [-0.3, -0.25) is 0 Å². The van der Waals surface area contributed by atoms with Gasteiger partial charge in [-0.05, 0) is 52.2 Å². The third-order valence-electron chi connectivity index (χ3n) is 4.30. The number of rotatable bonds is 4. The first-order valence-corrected chi connectivity index (χ1v) is 7.42. The van der Waals surface area contributed by atoms with Gasteiger partial charge in [0.2, 0.25) is 0 Å². The zero-order chi connectivity index (χ0) is 14.8. The van der Waals surface area contributed by atoms with E-state index in [9.17, 15) is 4.39 Å². The fourth-order valence-corrected chi connectivity index (χ4v) is 2.81. The summed E-state index contributed by atoms with van der Waals surface area (Å²) in [5, 5.41) is 3.57. The summed E-state index contributed by atoms with van der Waals surface area (Å²) in [5.74, 6) is -0.110. The van der Waals surface area contributed by atoms with Gasteiger partial charge in [0.05, 0.1) is 6.10 Å². The van der Waals surface area contributed by atoms with Crippen LogP contribution in [0, 0.1) is 11.2 Å². The fourth-order valence-electron chi connectivity index (χ4n) is 2.81. The molecule has 2 atom stereocenters. The minimum absolute atomic E-state index is 0.0184. The summed E-state index contributed by atoms with van der Waals surface area (Å²) in [4.78, 5) is 0. The van der Waals surface area contributed by atoms with Gasteiger partial charge in [0.25, 0.3) is 0 Å². The quantitative estimate of drug-likeness (QED) is 0.910. The Morgan fingerprint density at radius 2 is 2.05 bits per heavy atom. The lowest BCUT2D eigenvalue weighted by molar-refractivity contribution is 0.0594. The van der Waals surface area contributed by atoms with E-state index >= 15 is 0 Å². The van der Waals surface area contributed by atoms with Gasteiger partial charge >= 0.3 is 0 Å². The predicted molar refractivity (Wildman–Crippen MR) is 80.3 cm³/mol. The van der Waals surface area contributed by atoms with Crippen LogP contribution in [0.1, 0.15) is 39.7 Å². The highest BCUT2D eigenvalue weighted by molar-refractivity contribution is 5.20. The SMILES string of the molecule is CC1OCCC1(CNC(C)(C)C)Cc1ccccc1F. The summed E-state index contributed by atoms with van der Waals surface area (Å²) in [6.07, 6.45) is 1.85. The van der Waals surface area contributed by atoms with Crippen LogP contribution in [0.3, 0.4) is 0 Å². The third-order valence-corrected chi connectivity index (χ3v) is 4.30. The van der Waals surface area contributed by atoms with Crippen LogP contribution in [0.5, 0.6) is 0 Å². The van der Waals surface area contributed by atoms with E-state index in [1.54, 1.807) is 12.1 Å². The van der Waals surface area contributed by atoms with Crippen molar-refractivity contribution < 1.29 is 9.13 Å². The summed E-state index contributed by atoms with van der Waals surface area (Å²) >= 11 is 0. The molecule has 0 aromatic heterocycles. The van der Waals surface area contributed by atoms with Gasteiger partial charge in [0.15, 0.2) is 0 Å². The number of hydrogen-bond donors (Lipinski definition) is 1. The molecule has 2 nitrogen and oxygen atoms in total. The van der Waals surface area contributed by atoms with Crippen molar-refractivity contribution in [3.8, 4) is 0 Å². The molecule has 0 spiro atoms. The van der Waals surface area contributed by atoms with Crippen molar-refractivity contribution in [2.45, 2.75) is 52.2 Å². The van der Waals surface area contributed by atoms with Crippen LogP contribution in [0.25, 0.3) is 0 Å². The third kappa shape index (κ3) is 3.58. The lowest BCUT2D eigenvalue weighted by atomic mass is 9.75. The van der Waals surface area contributed by atoms with Crippen LogP contribution in [0.4, 0.5) is 4.39 Å². The molecule has 0 saturated carbocycles. The molecule has 1 saturated heterocycles. The normalized spacial score (nSPS) is 26.9. The molecule has 1 aliphatic heterocycles. The summed E-state index contributed by atoms with van der Waals surface area (Å²) < 4.78 is 19.7. The molecule has 0 radical (unpaired) electrons. The molecule has 1 N–H and O–H groups in total. The summed E-state index contributed by atoms with van der Waals surface area (Å²) in [7, 11) is 0. The first-order valence-electron chi connectivity index (χ1n) is 7.42. The maximum absolute atomic E-state index is 14.0. The van der Waals surface area contributed by atoms with E-state index in [1.807, 2.05) is 12.1 Å². The van der Waals surface area contributed by atoms with Crippen LogP contribution in [-0.2, 0) is 11.2 Å². The molecule has 2 unspecified atom stereocenters. The minimum Gasteiger partial charge on any atom is -0.378 e. The second-order valence-corrected chi connectivity index (χ2v) is 7.00. The zero-order valence-corrected chi connectivity index (χ0v) is 13.0. The molecule has 20 heavy (non-hydrogen) atoms. The summed E-state index contributed by atoms with van der Waals surface area (Å²) in [5.41, 5.74) is 0.834. The average molecular weight is 279 g/mol. The lowest BCUT2D eigenvalue weighted by Crippen LogP contribution is -2.47. The Labute approximate surface area is 121 Å². The molecule has 1 fully saturated rings. The van der Waals surface area contributed by atoms with E-state index in [-0.39, 0.29) is 22.9 Å². The van der Waals surface area contributed by atoms with Crippen LogP contribution < -0.4 is 5.32 Å². The van der Waals surface area contributed by atoms with Gasteiger partial charge in [0, 0.05) is 24.1 Å². The van der Waals surface area contributed by atoms with E-state index in [0.29, 0.717) is 0 Å². The number of hydrogen-bond acceptors (Lipinski definition) is 2. The molecule has 0 amide bonds. The second-order valence-electron chi connectivity index (χ2n) is 7.00. The number of nitrogens with one attached hydrogen (secondary N) is 1. The van der Waals surface area contributed by atoms with Gasteiger partial charge in [-0.15, -0.1) is 0 Å². The van der Waals surface area contributed by atoms with Crippen molar-refractivity contribution in [2.24, 2.45) is 5.41 Å². The van der Waals surface area contributed by atoms with Gasteiger partial charge in [-0.1, -0.05) is 18.2 Å². The first-order chi connectivity index (χ1) is 9.32. The summed E-state index contributed by atoms with van der Waals surface area (Å²) in [6.45, 7) is 10.2. The van der Waals surface area contributed by atoms with Crippen molar-refractivity contribution in [3.05, 3.63) is 35.6 Å². The largest absolute Gasteiger partial charge is 0.378 e. The molecular formula is C17H26FNO. The first kappa shape index (κ1) is 15.5. The monoisotopic (exact) mass is 279 g/mol. The van der Waals surface area contributed by atoms with Crippen molar-refractivity contribution in [1.82, 2.24) is 5.32 Å².